The lowest BCUT2D eigenvalue weighted by Crippen LogP contribution is -2.23. The summed E-state index contributed by atoms with van der Waals surface area (Å²) in [7, 11) is -3.64. The van der Waals surface area contributed by atoms with Crippen LogP contribution in [0.3, 0.4) is 0 Å². The van der Waals surface area contributed by atoms with Gasteiger partial charge >= 0.3 is 0 Å². The monoisotopic (exact) mass is 462 g/mol. The molecule has 4 aromatic rings. The fourth-order valence-corrected chi connectivity index (χ4v) is 5.48. The number of rotatable bonds is 6. The fourth-order valence-electron chi connectivity index (χ4n) is 3.58. The molecule has 1 aromatic heterocycles. The second-order valence-corrected chi connectivity index (χ2v) is 9.90. The number of carbonyl (C=O) groups is 1. The topological polar surface area (TPSA) is 101 Å². The van der Waals surface area contributed by atoms with Gasteiger partial charge in [0.1, 0.15) is 5.92 Å². The molecule has 0 bridgehead atoms. The molecule has 7 nitrogen and oxygen atoms in total. The van der Waals surface area contributed by atoms with E-state index in [-0.39, 0.29) is 17.3 Å². The maximum absolute atomic E-state index is 12.6. The van der Waals surface area contributed by atoms with Crippen LogP contribution in [0.15, 0.2) is 82.1 Å². The van der Waals surface area contributed by atoms with Gasteiger partial charge in [0.15, 0.2) is 0 Å². The number of nitrogens with zero attached hydrogens (tertiary/aromatic N) is 2. The quantitative estimate of drug-likeness (QED) is 0.419. The zero-order valence-corrected chi connectivity index (χ0v) is 18.4. The van der Waals surface area contributed by atoms with E-state index in [2.05, 4.69) is 20.0 Å². The highest BCUT2D eigenvalue weighted by Gasteiger charge is 2.31. The van der Waals surface area contributed by atoms with Gasteiger partial charge in [-0.1, -0.05) is 30.3 Å². The minimum absolute atomic E-state index is 0.144. The molecule has 5 rings (SSSR count). The average molecular weight is 463 g/mol. The molecular weight excluding hydrogens is 444 g/mol. The summed E-state index contributed by atoms with van der Waals surface area (Å²) in [5.74, 6) is -0.668. The highest BCUT2D eigenvalue weighted by molar-refractivity contribution is 7.89. The Morgan fingerprint density at radius 2 is 1.84 bits per heavy atom. The van der Waals surface area contributed by atoms with Gasteiger partial charge in [0.2, 0.25) is 15.9 Å². The Hall–Kier alpha value is -3.40. The second-order valence-electron chi connectivity index (χ2n) is 7.28. The van der Waals surface area contributed by atoms with Gasteiger partial charge in [0.05, 0.1) is 26.3 Å². The van der Waals surface area contributed by atoms with Gasteiger partial charge < -0.3 is 5.32 Å². The van der Waals surface area contributed by atoms with Crippen LogP contribution in [0.2, 0.25) is 0 Å². The minimum Gasteiger partial charge on any atom is -0.325 e. The molecule has 32 heavy (non-hydrogen) atoms. The lowest BCUT2D eigenvalue weighted by atomic mass is 10.0. The third-order valence-corrected chi connectivity index (χ3v) is 7.51. The number of hydrogen-bond donors (Lipinski definition) is 2. The largest absolute Gasteiger partial charge is 0.325 e. The van der Waals surface area contributed by atoms with E-state index in [1.807, 2.05) is 42.5 Å². The van der Waals surface area contributed by atoms with Crippen molar-refractivity contribution in [1.82, 2.24) is 9.71 Å². The molecule has 1 unspecified atom stereocenters. The third kappa shape index (κ3) is 3.93. The zero-order chi connectivity index (χ0) is 22.1. The lowest BCUT2D eigenvalue weighted by Gasteiger charge is -2.07. The maximum atomic E-state index is 12.6. The van der Waals surface area contributed by atoms with Gasteiger partial charge in [0, 0.05) is 24.0 Å². The summed E-state index contributed by atoms with van der Waals surface area (Å²) in [6, 6.07) is 19.3. The van der Waals surface area contributed by atoms with Crippen molar-refractivity contribution in [2.45, 2.75) is 17.4 Å². The molecule has 1 aliphatic heterocycles. The molecule has 1 aliphatic rings. The van der Waals surface area contributed by atoms with Crippen LogP contribution in [0.5, 0.6) is 0 Å². The predicted molar refractivity (Wildman–Crippen MR) is 126 cm³/mol. The molecule has 0 spiro atoms. The van der Waals surface area contributed by atoms with Gasteiger partial charge in [0.25, 0.3) is 0 Å². The van der Waals surface area contributed by atoms with E-state index in [4.69, 9.17) is 0 Å². The van der Waals surface area contributed by atoms with Crippen LogP contribution in [0.1, 0.15) is 17.0 Å². The summed E-state index contributed by atoms with van der Waals surface area (Å²) in [5.41, 5.74) is 5.69. The van der Waals surface area contributed by atoms with Gasteiger partial charge in [-0.2, -0.15) is 0 Å². The van der Waals surface area contributed by atoms with E-state index in [9.17, 15) is 13.2 Å². The van der Waals surface area contributed by atoms with Gasteiger partial charge in [-0.05, 0) is 42.0 Å². The number of sulfonamides is 1. The Kier molecular flexibility index (Phi) is 5.30. The van der Waals surface area contributed by atoms with Gasteiger partial charge in [-0.15, -0.1) is 11.3 Å². The van der Waals surface area contributed by atoms with Crippen LogP contribution < -0.4 is 10.0 Å². The Morgan fingerprint density at radius 1 is 1.06 bits per heavy atom. The van der Waals surface area contributed by atoms with Crippen LogP contribution in [0, 0.1) is 0 Å². The van der Waals surface area contributed by atoms with Crippen molar-refractivity contribution < 1.29 is 13.2 Å². The molecule has 2 heterocycles. The van der Waals surface area contributed by atoms with Crippen molar-refractivity contribution in [1.29, 1.82) is 0 Å². The van der Waals surface area contributed by atoms with Crippen molar-refractivity contribution in [3.8, 4) is 0 Å². The molecule has 2 N–H and O–H groups in total. The van der Waals surface area contributed by atoms with E-state index in [0.29, 0.717) is 5.69 Å². The van der Waals surface area contributed by atoms with Gasteiger partial charge in [-0.25, -0.2) is 18.1 Å². The zero-order valence-electron chi connectivity index (χ0n) is 16.7. The molecule has 0 saturated heterocycles. The van der Waals surface area contributed by atoms with Gasteiger partial charge in [-0.3, -0.25) is 9.79 Å². The van der Waals surface area contributed by atoms with E-state index in [1.54, 1.807) is 23.9 Å². The van der Waals surface area contributed by atoms with Crippen molar-refractivity contribution in [3.63, 3.8) is 0 Å². The molecule has 160 valence electrons. The number of fused-ring (bicyclic) bond motifs is 3. The SMILES string of the molecule is O=C1Nc2ccc3ncsc3c2C1C=Nc1ccc(S(=O)(=O)NCc2ccccc2)cc1. The number of anilines is 1. The number of aliphatic imine (C=N–C) groups is 1. The van der Waals surface area contributed by atoms with Crippen LogP contribution in [0.4, 0.5) is 11.4 Å². The first-order valence-corrected chi connectivity index (χ1v) is 12.2. The van der Waals surface area contributed by atoms with Crippen molar-refractivity contribution >= 4 is 55.1 Å². The van der Waals surface area contributed by atoms with Crippen LogP contribution in [0.25, 0.3) is 10.2 Å². The molecule has 0 aliphatic carbocycles. The summed E-state index contributed by atoms with van der Waals surface area (Å²) in [6.07, 6.45) is 1.59. The molecule has 1 atom stereocenters. The average Bonchev–Trinajstić information content (AvgIpc) is 3.41. The molecular formula is C23H18N4O3S2. The smallest absolute Gasteiger partial charge is 0.240 e. The maximum Gasteiger partial charge on any atom is 0.240 e. The first-order chi connectivity index (χ1) is 15.5. The first kappa shape index (κ1) is 20.5. The number of aromatic nitrogens is 1. The number of thiazole rings is 1. The first-order valence-electron chi connectivity index (χ1n) is 9.86. The molecule has 0 saturated carbocycles. The Morgan fingerprint density at radius 3 is 2.62 bits per heavy atom. The normalized spacial score (nSPS) is 15.9. The number of amides is 1. The van der Waals surface area contributed by atoms with E-state index in [1.165, 1.54) is 23.5 Å². The van der Waals surface area contributed by atoms with Crippen molar-refractivity contribution in [3.05, 3.63) is 83.4 Å². The minimum atomic E-state index is -3.64. The number of hydrogen-bond acceptors (Lipinski definition) is 6. The number of benzene rings is 3. The van der Waals surface area contributed by atoms with Crippen LogP contribution in [-0.2, 0) is 21.4 Å². The number of carbonyl (C=O) groups excluding carboxylic acids is 1. The Labute approximate surface area is 188 Å². The lowest BCUT2D eigenvalue weighted by molar-refractivity contribution is -0.115. The van der Waals surface area contributed by atoms with E-state index >= 15 is 0 Å². The van der Waals surface area contributed by atoms with E-state index in [0.717, 1.165) is 27.0 Å². The highest BCUT2D eigenvalue weighted by Crippen LogP contribution is 2.39. The Bertz CT molecular complexity index is 1430. The summed E-state index contributed by atoms with van der Waals surface area (Å²) < 4.78 is 28.7. The van der Waals surface area contributed by atoms with E-state index < -0.39 is 15.9 Å². The summed E-state index contributed by atoms with van der Waals surface area (Å²) in [4.78, 5) is 21.4. The molecule has 9 heteroatoms. The molecule has 3 aromatic carbocycles. The molecule has 1 amide bonds. The number of nitrogens with one attached hydrogen (secondary N) is 2. The highest BCUT2D eigenvalue weighted by atomic mass is 32.2. The predicted octanol–water partition coefficient (Wildman–Crippen LogP) is 4.21. The van der Waals surface area contributed by atoms with Crippen LogP contribution >= 0.6 is 11.3 Å². The standard InChI is InChI=1S/C23H18N4O3S2/c28-23-18(21-19(27-23)10-11-20-22(21)31-14-25-20)13-24-16-6-8-17(9-7-16)32(29,30)26-12-15-4-2-1-3-5-15/h1-11,13-14,18,26H,12H2,(H,27,28). The summed E-state index contributed by atoms with van der Waals surface area (Å²) >= 11 is 1.49. The fraction of sp³-hybridized carbons (Fsp3) is 0.0870. The van der Waals surface area contributed by atoms with Crippen molar-refractivity contribution in [2.24, 2.45) is 4.99 Å². The Balaban J connectivity index is 1.33. The summed E-state index contributed by atoms with van der Waals surface area (Å²) in [5, 5.41) is 2.88. The van der Waals surface area contributed by atoms with Crippen LogP contribution in [-0.4, -0.2) is 25.5 Å². The molecule has 0 fully saturated rings. The van der Waals surface area contributed by atoms with Crippen molar-refractivity contribution in [2.75, 3.05) is 5.32 Å². The third-order valence-electron chi connectivity index (χ3n) is 5.22. The second kappa shape index (κ2) is 8.27. The molecule has 0 radical (unpaired) electrons. The summed E-state index contributed by atoms with van der Waals surface area (Å²) in [6.45, 7) is 0.214.